The summed E-state index contributed by atoms with van der Waals surface area (Å²) in [7, 11) is 4.95. The second-order valence-electron chi connectivity index (χ2n) is 7.97. The molecule has 34 heavy (non-hydrogen) atoms. The summed E-state index contributed by atoms with van der Waals surface area (Å²) < 4.78 is 22.9. The molecule has 1 N–H and O–H groups in total. The van der Waals surface area contributed by atoms with E-state index >= 15 is 0 Å². The molecule has 3 aromatic carbocycles. The third kappa shape index (κ3) is 5.20. The van der Waals surface area contributed by atoms with Gasteiger partial charge in [-0.05, 0) is 59.6 Å². The molecule has 0 fully saturated rings. The van der Waals surface area contributed by atoms with Gasteiger partial charge in [0, 0.05) is 13.1 Å². The number of para-hydroxylation sites is 2. The summed E-state index contributed by atoms with van der Waals surface area (Å²) in [4.78, 5) is 2.20. The van der Waals surface area contributed by atoms with Crippen molar-refractivity contribution in [1.82, 2.24) is 10.2 Å². The van der Waals surface area contributed by atoms with Crippen LogP contribution in [0.15, 0.2) is 66.7 Å². The molecular weight excluding hydrogens is 448 g/mol. The average molecular weight is 479 g/mol. The molecule has 1 atom stereocenters. The fraction of sp³-hybridized carbons (Fsp3) is 0.296. The van der Waals surface area contributed by atoms with Gasteiger partial charge in [0.15, 0.2) is 28.1 Å². The van der Waals surface area contributed by atoms with Gasteiger partial charge < -0.3 is 29.2 Å². The number of benzene rings is 3. The van der Waals surface area contributed by atoms with Gasteiger partial charge in [-0.25, -0.2) is 0 Å². The Morgan fingerprint density at radius 2 is 1.53 bits per heavy atom. The van der Waals surface area contributed by atoms with Crippen LogP contribution in [0.1, 0.15) is 22.7 Å². The van der Waals surface area contributed by atoms with Gasteiger partial charge in [-0.15, -0.1) is 0 Å². The van der Waals surface area contributed by atoms with Gasteiger partial charge in [-0.1, -0.05) is 42.5 Å². The van der Waals surface area contributed by atoms with E-state index in [9.17, 15) is 0 Å². The zero-order valence-corrected chi connectivity index (χ0v) is 20.6. The van der Waals surface area contributed by atoms with Crippen molar-refractivity contribution in [3.63, 3.8) is 0 Å². The standard InChI is InChI=1S/C27H30N2O4S/c1-30-23-11-7-8-12-24(23)33-18-22-21-16-26(32-3)25(31-2)15-20(21)13-14-29(22)27(34)28-17-19-9-5-4-6-10-19/h4-12,15-16,22H,13-14,17-18H2,1-3H3,(H,28,34). The molecule has 0 saturated heterocycles. The minimum Gasteiger partial charge on any atom is -0.493 e. The lowest BCUT2D eigenvalue weighted by Crippen LogP contribution is -2.47. The molecular formula is C27H30N2O4S. The first kappa shape index (κ1) is 23.7. The monoisotopic (exact) mass is 478 g/mol. The normalized spacial score (nSPS) is 14.7. The molecule has 1 aliphatic rings. The van der Waals surface area contributed by atoms with Crippen molar-refractivity contribution < 1.29 is 18.9 Å². The number of nitrogens with one attached hydrogen (secondary N) is 1. The maximum Gasteiger partial charge on any atom is 0.169 e. The smallest absolute Gasteiger partial charge is 0.169 e. The van der Waals surface area contributed by atoms with Crippen molar-refractivity contribution in [3.05, 3.63) is 83.4 Å². The fourth-order valence-electron chi connectivity index (χ4n) is 4.23. The SMILES string of the molecule is COc1cc2c(cc1OC)C(COc1ccccc1OC)N(C(=S)NCc1ccccc1)CC2. The molecule has 0 amide bonds. The van der Waals surface area contributed by atoms with Crippen LogP contribution in [0.5, 0.6) is 23.0 Å². The fourth-order valence-corrected chi connectivity index (χ4v) is 4.52. The Hall–Kier alpha value is -3.45. The summed E-state index contributed by atoms with van der Waals surface area (Å²) in [5, 5.41) is 4.12. The van der Waals surface area contributed by atoms with E-state index in [1.807, 2.05) is 48.5 Å². The predicted molar refractivity (Wildman–Crippen MR) is 137 cm³/mol. The van der Waals surface area contributed by atoms with E-state index in [1.54, 1.807) is 21.3 Å². The summed E-state index contributed by atoms with van der Waals surface area (Å²) >= 11 is 5.85. The average Bonchev–Trinajstić information content (AvgIpc) is 2.90. The van der Waals surface area contributed by atoms with Crippen molar-refractivity contribution in [3.8, 4) is 23.0 Å². The molecule has 1 heterocycles. The Bertz CT molecular complexity index is 1120. The van der Waals surface area contributed by atoms with Gasteiger partial charge in [0.1, 0.15) is 6.61 Å². The molecule has 1 unspecified atom stereocenters. The van der Waals surface area contributed by atoms with Crippen LogP contribution in [0.3, 0.4) is 0 Å². The molecule has 3 aromatic rings. The lowest BCUT2D eigenvalue weighted by atomic mass is 9.92. The summed E-state index contributed by atoms with van der Waals surface area (Å²) in [6, 6.07) is 21.9. The molecule has 0 bridgehead atoms. The summed E-state index contributed by atoms with van der Waals surface area (Å²) in [5.74, 6) is 2.81. The highest BCUT2D eigenvalue weighted by atomic mass is 32.1. The molecule has 178 valence electrons. The third-order valence-electron chi connectivity index (χ3n) is 6.02. The number of ether oxygens (including phenoxy) is 4. The zero-order valence-electron chi connectivity index (χ0n) is 19.7. The van der Waals surface area contributed by atoms with Crippen molar-refractivity contribution >= 4 is 17.3 Å². The molecule has 1 aliphatic heterocycles. The van der Waals surface area contributed by atoms with Crippen LogP contribution in [0.2, 0.25) is 0 Å². The third-order valence-corrected chi connectivity index (χ3v) is 6.39. The van der Waals surface area contributed by atoms with E-state index in [2.05, 4.69) is 28.4 Å². The summed E-state index contributed by atoms with van der Waals surface area (Å²) in [6.45, 7) is 1.83. The van der Waals surface area contributed by atoms with Gasteiger partial charge >= 0.3 is 0 Å². The molecule has 0 radical (unpaired) electrons. The molecule has 0 aliphatic carbocycles. The number of thiocarbonyl (C=S) groups is 1. The van der Waals surface area contributed by atoms with Crippen LogP contribution < -0.4 is 24.3 Å². The van der Waals surface area contributed by atoms with E-state index in [1.165, 1.54) is 11.1 Å². The first-order valence-corrected chi connectivity index (χ1v) is 11.6. The van der Waals surface area contributed by atoms with Crippen LogP contribution in [0, 0.1) is 0 Å². The largest absolute Gasteiger partial charge is 0.493 e. The molecule has 6 nitrogen and oxygen atoms in total. The number of fused-ring (bicyclic) bond motifs is 1. The molecule has 4 rings (SSSR count). The van der Waals surface area contributed by atoms with E-state index < -0.39 is 0 Å². The minimum atomic E-state index is -0.107. The highest BCUT2D eigenvalue weighted by molar-refractivity contribution is 7.80. The van der Waals surface area contributed by atoms with Gasteiger partial charge in [0.05, 0.1) is 27.4 Å². The van der Waals surface area contributed by atoms with Crippen LogP contribution in [-0.2, 0) is 13.0 Å². The Morgan fingerprint density at radius 1 is 0.882 bits per heavy atom. The van der Waals surface area contributed by atoms with Crippen molar-refractivity contribution in [2.24, 2.45) is 0 Å². The van der Waals surface area contributed by atoms with Gasteiger partial charge in [-0.2, -0.15) is 0 Å². The van der Waals surface area contributed by atoms with Gasteiger partial charge in [-0.3, -0.25) is 0 Å². The molecule has 0 aromatic heterocycles. The van der Waals surface area contributed by atoms with Crippen LogP contribution >= 0.6 is 12.2 Å². The maximum atomic E-state index is 6.27. The van der Waals surface area contributed by atoms with E-state index in [0.717, 1.165) is 24.3 Å². The number of methoxy groups -OCH3 is 3. The Morgan fingerprint density at radius 3 is 2.24 bits per heavy atom. The minimum absolute atomic E-state index is 0.107. The highest BCUT2D eigenvalue weighted by Crippen LogP contribution is 2.39. The lowest BCUT2D eigenvalue weighted by Gasteiger charge is -2.39. The topological polar surface area (TPSA) is 52.2 Å². The lowest BCUT2D eigenvalue weighted by molar-refractivity contribution is 0.182. The van der Waals surface area contributed by atoms with Crippen LogP contribution in [0.4, 0.5) is 0 Å². The Kier molecular flexibility index (Phi) is 7.75. The van der Waals surface area contributed by atoms with Crippen LogP contribution in [-0.4, -0.2) is 44.5 Å². The second kappa shape index (κ2) is 11.1. The predicted octanol–water partition coefficient (Wildman–Crippen LogP) is 4.77. The number of nitrogens with zero attached hydrogens (tertiary/aromatic N) is 1. The van der Waals surface area contributed by atoms with Crippen molar-refractivity contribution in [1.29, 1.82) is 0 Å². The molecule has 7 heteroatoms. The highest BCUT2D eigenvalue weighted by Gasteiger charge is 2.31. The van der Waals surface area contributed by atoms with Gasteiger partial charge in [0.25, 0.3) is 0 Å². The summed E-state index contributed by atoms with van der Waals surface area (Å²) in [5.41, 5.74) is 3.49. The summed E-state index contributed by atoms with van der Waals surface area (Å²) in [6.07, 6.45) is 0.841. The van der Waals surface area contributed by atoms with E-state index in [4.69, 9.17) is 31.2 Å². The molecule has 0 spiro atoms. The maximum absolute atomic E-state index is 6.27. The van der Waals surface area contributed by atoms with Gasteiger partial charge in [0.2, 0.25) is 0 Å². The first-order chi connectivity index (χ1) is 16.6. The number of rotatable bonds is 8. The first-order valence-electron chi connectivity index (χ1n) is 11.2. The zero-order chi connectivity index (χ0) is 23.9. The van der Waals surface area contributed by atoms with E-state index in [0.29, 0.717) is 35.5 Å². The number of hydrogen-bond donors (Lipinski definition) is 1. The number of hydrogen-bond acceptors (Lipinski definition) is 5. The van der Waals surface area contributed by atoms with Crippen molar-refractivity contribution in [2.45, 2.75) is 19.0 Å². The van der Waals surface area contributed by atoms with E-state index in [-0.39, 0.29) is 6.04 Å². The Labute approximate surface area is 206 Å². The molecule has 0 saturated carbocycles. The Balaban J connectivity index is 1.61. The van der Waals surface area contributed by atoms with Crippen molar-refractivity contribution in [2.75, 3.05) is 34.5 Å². The van der Waals surface area contributed by atoms with Crippen LogP contribution in [0.25, 0.3) is 0 Å². The quantitative estimate of drug-likeness (QED) is 0.468. The second-order valence-corrected chi connectivity index (χ2v) is 8.36.